The summed E-state index contributed by atoms with van der Waals surface area (Å²) in [4.78, 5) is 29.3. The summed E-state index contributed by atoms with van der Waals surface area (Å²) in [5.74, 6) is -8.82. The number of para-hydroxylation sites is 1. The van der Waals surface area contributed by atoms with Gasteiger partial charge in [0.2, 0.25) is 0 Å². The number of anilines is 2. The molecule has 0 radical (unpaired) electrons. The van der Waals surface area contributed by atoms with Crippen LogP contribution in [0.25, 0.3) is 0 Å². The molecule has 1 heterocycles. The predicted molar refractivity (Wildman–Crippen MR) is 132 cm³/mol. The first-order valence-electron chi connectivity index (χ1n) is 10.8. The molecule has 6 nitrogen and oxygen atoms in total. The van der Waals surface area contributed by atoms with E-state index in [1.54, 1.807) is 0 Å². The van der Waals surface area contributed by atoms with Crippen LogP contribution >= 0.6 is 27.5 Å². The van der Waals surface area contributed by atoms with Crippen LogP contribution in [0.15, 0.2) is 59.3 Å². The van der Waals surface area contributed by atoms with Crippen LogP contribution in [-0.2, 0) is 5.67 Å². The van der Waals surface area contributed by atoms with Crippen molar-refractivity contribution in [3.05, 3.63) is 81.0 Å². The number of hydrogen-bond acceptors (Lipinski definition) is 4. The van der Waals surface area contributed by atoms with E-state index in [0.717, 1.165) is 7.11 Å². The van der Waals surface area contributed by atoms with Crippen molar-refractivity contribution in [3.8, 4) is 5.75 Å². The van der Waals surface area contributed by atoms with Gasteiger partial charge in [0.1, 0.15) is 0 Å². The Morgan fingerprint density at radius 3 is 2.07 bits per heavy atom. The molecule has 17 heteroatoms. The highest BCUT2D eigenvalue weighted by Crippen LogP contribution is 2.59. The lowest BCUT2D eigenvalue weighted by atomic mass is 9.87. The number of benzene rings is 2. The first-order valence-corrected chi connectivity index (χ1v) is 11.9. The number of nitrogens with one attached hydrogen (secondary N) is 2. The minimum Gasteiger partial charge on any atom is -0.494 e. The standard InChI is InChI=1S/C24H14BrClF9N3O3/c1-41-18-13(5-2-6-16(18)37-19(39)11-4-3-7-36-10-11)20(40)38-17-14(25)8-12(9-15(17)26)21(27,23(30,31)32)22(28,29)24(33,34)35/h2-10H,1H3,(H,37,39)(H,38,40). The fourth-order valence-electron chi connectivity index (χ4n) is 3.52. The molecule has 3 rings (SSSR count). The Morgan fingerprint density at radius 1 is 0.902 bits per heavy atom. The van der Waals surface area contributed by atoms with Crippen molar-refractivity contribution in [1.29, 1.82) is 0 Å². The molecule has 2 N–H and O–H groups in total. The number of methoxy groups -OCH3 is 1. The number of alkyl halides is 9. The van der Waals surface area contributed by atoms with E-state index >= 15 is 0 Å². The van der Waals surface area contributed by atoms with Gasteiger partial charge in [-0.2, -0.15) is 35.1 Å². The quantitative estimate of drug-likeness (QED) is 0.249. The molecule has 0 aliphatic rings. The minimum absolute atomic E-state index is 0.00344. The van der Waals surface area contributed by atoms with Crippen LogP contribution in [0.4, 0.5) is 50.9 Å². The van der Waals surface area contributed by atoms with E-state index < -0.39 is 56.5 Å². The number of pyridine rings is 1. The highest BCUT2D eigenvalue weighted by atomic mass is 79.9. The van der Waals surface area contributed by atoms with E-state index in [2.05, 4.69) is 31.5 Å². The zero-order chi connectivity index (χ0) is 31.0. The smallest absolute Gasteiger partial charge is 0.457 e. The van der Waals surface area contributed by atoms with Crippen molar-refractivity contribution in [2.45, 2.75) is 23.9 Å². The van der Waals surface area contributed by atoms with E-state index in [1.165, 1.54) is 42.7 Å². The maximum absolute atomic E-state index is 14.9. The lowest BCUT2D eigenvalue weighted by Crippen LogP contribution is -2.59. The topological polar surface area (TPSA) is 80.3 Å². The van der Waals surface area contributed by atoms with Crippen LogP contribution in [0.5, 0.6) is 5.75 Å². The van der Waals surface area contributed by atoms with E-state index in [1.807, 2.05) is 0 Å². The van der Waals surface area contributed by atoms with Crippen molar-refractivity contribution in [2.75, 3.05) is 17.7 Å². The monoisotopic (exact) mass is 677 g/mol. The molecule has 2 aromatic carbocycles. The molecule has 1 atom stereocenters. The molecule has 0 fully saturated rings. The fraction of sp³-hybridized carbons (Fsp3) is 0.208. The largest absolute Gasteiger partial charge is 0.494 e. The maximum Gasteiger partial charge on any atom is 0.457 e. The van der Waals surface area contributed by atoms with Gasteiger partial charge in [-0.25, -0.2) is 4.39 Å². The number of ether oxygens (including phenoxy) is 1. The molecule has 41 heavy (non-hydrogen) atoms. The molecule has 2 amide bonds. The SMILES string of the molecule is COc1c(NC(=O)c2cccnc2)cccc1C(=O)Nc1c(Cl)cc(C(F)(C(F)(F)F)C(F)(F)C(F)(F)F)cc1Br. The van der Waals surface area contributed by atoms with Gasteiger partial charge in [0.05, 0.1) is 34.6 Å². The second-order valence-corrected chi connectivity index (χ2v) is 9.34. The Labute approximate surface area is 238 Å². The second-order valence-electron chi connectivity index (χ2n) is 8.08. The third kappa shape index (κ3) is 5.93. The van der Waals surface area contributed by atoms with Crippen LogP contribution in [-0.4, -0.2) is 42.2 Å². The van der Waals surface area contributed by atoms with Crippen LogP contribution in [0.3, 0.4) is 0 Å². The van der Waals surface area contributed by atoms with E-state index in [0.29, 0.717) is 0 Å². The molecule has 1 unspecified atom stereocenters. The van der Waals surface area contributed by atoms with Crippen molar-refractivity contribution in [3.63, 3.8) is 0 Å². The van der Waals surface area contributed by atoms with Gasteiger partial charge in [-0.15, -0.1) is 0 Å². The molecule has 220 valence electrons. The highest BCUT2D eigenvalue weighted by molar-refractivity contribution is 9.10. The molecule has 0 spiro atoms. The van der Waals surface area contributed by atoms with Crippen LogP contribution in [0.1, 0.15) is 26.3 Å². The van der Waals surface area contributed by atoms with Crippen molar-refractivity contribution < 1.29 is 53.8 Å². The number of carbonyl (C=O) groups is 2. The van der Waals surface area contributed by atoms with Gasteiger partial charge in [-0.1, -0.05) is 17.7 Å². The first kappa shape index (κ1) is 32.0. The number of halogens is 11. The van der Waals surface area contributed by atoms with E-state index in [9.17, 15) is 49.1 Å². The van der Waals surface area contributed by atoms with Crippen LogP contribution in [0.2, 0.25) is 5.02 Å². The second kappa shape index (κ2) is 11.4. The maximum atomic E-state index is 14.9. The molecule has 0 saturated heterocycles. The molecule has 0 bridgehead atoms. The average Bonchev–Trinajstić information content (AvgIpc) is 2.88. The number of aromatic nitrogens is 1. The number of amides is 2. The lowest BCUT2D eigenvalue weighted by Gasteiger charge is -2.36. The van der Waals surface area contributed by atoms with Gasteiger partial charge >= 0.3 is 23.9 Å². The summed E-state index contributed by atoms with van der Waals surface area (Å²) in [6.45, 7) is 0. The molecular weight excluding hydrogens is 665 g/mol. The molecular formula is C24H14BrClF9N3O3. The Bertz CT molecular complexity index is 1450. The summed E-state index contributed by atoms with van der Waals surface area (Å²) in [5, 5.41) is 3.61. The Balaban J connectivity index is 2.00. The molecule has 1 aromatic heterocycles. The lowest BCUT2D eigenvalue weighted by molar-refractivity contribution is -0.389. The Hall–Kier alpha value is -3.53. The minimum atomic E-state index is -6.93. The Kier molecular flexibility index (Phi) is 8.89. The van der Waals surface area contributed by atoms with Gasteiger partial charge < -0.3 is 15.4 Å². The zero-order valence-electron chi connectivity index (χ0n) is 20.0. The molecule has 0 aliphatic heterocycles. The van der Waals surface area contributed by atoms with Crippen molar-refractivity contribution in [1.82, 2.24) is 4.98 Å². The average molecular weight is 679 g/mol. The van der Waals surface area contributed by atoms with Gasteiger partial charge in [0.15, 0.2) is 5.75 Å². The fourth-order valence-corrected chi connectivity index (χ4v) is 4.46. The summed E-state index contributed by atoms with van der Waals surface area (Å²) < 4.78 is 126. The van der Waals surface area contributed by atoms with Gasteiger partial charge in [0.25, 0.3) is 11.8 Å². The summed E-state index contributed by atoms with van der Waals surface area (Å²) in [6, 6.07) is 6.69. The summed E-state index contributed by atoms with van der Waals surface area (Å²) in [7, 11) is 1.14. The van der Waals surface area contributed by atoms with Crippen molar-refractivity contribution in [2.24, 2.45) is 0 Å². The molecule has 0 saturated carbocycles. The van der Waals surface area contributed by atoms with Crippen LogP contribution in [0, 0.1) is 0 Å². The Morgan fingerprint density at radius 2 is 1.56 bits per heavy atom. The normalized spacial score (nSPS) is 13.8. The van der Waals surface area contributed by atoms with Crippen LogP contribution < -0.4 is 15.4 Å². The third-order valence-electron chi connectivity index (χ3n) is 5.49. The predicted octanol–water partition coefficient (Wildman–Crippen LogP) is 7.94. The number of hydrogen-bond donors (Lipinski definition) is 2. The summed E-state index contributed by atoms with van der Waals surface area (Å²) in [6.07, 6.45) is -11.0. The number of nitrogens with zero attached hydrogens (tertiary/aromatic N) is 1. The number of carbonyl (C=O) groups excluding carboxylic acids is 2. The third-order valence-corrected chi connectivity index (χ3v) is 6.42. The first-order chi connectivity index (χ1) is 18.9. The molecule has 3 aromatic rings. The molecule has 0 aliphatic carbocycles. The van der Waals surface area contributed by atoms with E-state index in [4.69, 9.17) is 16.3 Å². The van der Waals surface area contributed by atoms with E-state index in [-0.39, 0.29) is 34.7 Å². The number of rotatable bonds is 7. The summed E-state index contributed by atoms with van der Waals surface area (Å²) >= 11 is 8.46. The zero-order valence-corrected chi connectivity index (χ0v) is 22.4. The van der Waals surface area contributed by atoms with Gasteiger partial charge in [-0.05, 0) is 52.3 Å². The van der Waals surface area contributed by atoms with Crippen molar-refractivity contribution >= 4 is 50.7 Å². The van der Waals surface area contributed by atoms with Gasteiger partial charge in [-0.3, -0.25) is 14.6 Å². The van der Waals surface area contributed by atoms with Gasteiger partial charge in [0, 0.05) is 22.4 Å². The highest BCUT2D eigenvalue weighted by Gasteiger charge is 2.81. The summed E-state index contributed by atoms with van der Waals surface area (Å²) in [5.41, 5.74) is -9.15.